The summed E-state index contributed by atoms with van der Waals surface area (Å²) in [5.41, 5.74) is -0.346. The molecule has 1 saturated heterocycles. The number of carbonyl (C=O) groups is 1. The van der Waals surface area contributed by atoms with Gasteiger partial charge in [-0.15, -0.1) is 0 Å². The molecule has 0 bridgehead atoms. The maximum absolute atomic E-state index is 12.6. The Bertz CT molecular complexity index is 256. The van der Waals surface area contributed by atoms with Gasteiger partial charge in [-0.25, -0.2) is 4.79 Å². The van der Waals surface area contributed by atoms with E-state index in [-0.39, 0.29) is 17.1 Å². The highest BCUT2D eigenvalue weighted by molar-refractivity contribution is 5.76. The van der Waals surface area contributed by atoms with Gasteiger partial charge in [0.1, 0.15) is 0 Å². The minimum absolute atomic E-state index is 0.119. The van der Waals surface area contributed by atoms with Crippen molar-refractivity contribution in [3.8, 4) is 0 Å². The standard InChI is InChI=1S/C13H26N2O2/c1-12(2,3)15(13(4,5)6)11(16)14-7-9-17-10-8-14/h7-10H2,1-6H3. The molecular formula is C13H26N2O2. The summed E-state index contributed by atoms with van der Waals surface area (Å²) in [7, 11) is 0. The molecule has 17 heavy (non-hydrogen) atoms. The molecule has 0 atom stereocenters. The zero-order valence-electron chi connectivity index (χ0n) is 12.0. The smallest absolute Gasteiger partial charge is 0.321 e. The molecule has 0 aromatic rings. The van der Waals surface area contributed by atoms with Gasteiger partial charge in [-0.2, -0.15) is 0 Å². The van der Waals surface area contributed by atoms with Crippen LogP contribution >= 0.6 is 0 Å². The molecule has 0 aliphatic carbocycles. The largest absolute Gasteiger partial charge is 0.378 e. The second kappa shape index (κ2) is 4.84. The highest BCUT2D eigenvalue weighted by Gasteiger charge is 2.38. The van der Waals surface area contributed by atoms with Crippen LogP contribution in [-0.2, 0) is 4.74 Å². The van der Waals surface area contributed by atoms with Crippen LogP contribution in [-0.4, -0.2) is 53.2 Å². The van der Waals surface area contributed by atoms with Gasteiger partial charge in [-0.05, 0) is 41.5 Å². The molecule has 2 amide bonds. The topological polar surface area (TPSA) is 32.8 Å². The van der Waals surface area contributed by atoms with Crippen molar-refractivity contribution in [2.75, 3.05) is 26.3 Å². The zero-order valence-corrected chi connectivity index (χ0v) is 12.0. The van der Waals surface area contributed by atoms with Gasteiger partial charge in [-0.1, -0.05) is 0 Å². The molecule has 1 heterocycles. The number of amides is 2. The van der Waals surface area contributed by atoms with Gasteiger partial charge in [0.05, 0.1) is 13.2 Å². The van der Waals surface area contributed by atoms with Crippen LogP contribution in [0.5, 0.6) is 0 Å². The van der Waals surface area contributed by atoms with Crippen molar-refractivity contribution in [1.82, 2.24) is 9.80 Å². The van der Waals surface area contributed by atoms with E-state index < -0.39 is 0 Å². The first-order valence-electron chi connectivity index (χ1n) is 6.31. The summed E-state index contributed by atoms with van der Waals surface area (Å²) in [6, 6.07) is 0.119. The lowest BCUT2D eigenvalue weighted by Gasteiger charge is -2.48. The van der Waals surface area contributed by atoms with Crippen LogP contribution in [0.3, 0.4) is 0 Å². The van der Waals surface area contributed by atoms with E-state index in [1.165, 1.54) is 0 Å². The summed E-state index contributed by atoms with van der Waals surface area (Å²) in [5.74, 6) is 0. The fraction of sp³-hybridized carbons (Fsp3) is 0.923. The Morgan fingerprint density at radius 1 is 1.00 bits per heavy atom. The molecule has 1 rings (SSSR count). The van der Waals surface area contributed by atoms with Crippen molar-refractivity contribution >= 4 is 6.03 Å². The average Bonchev–Trinajstić information content (AvgIpc) is 2.14. The van der Waals surface area contributed by atoms with Crippen molar-refractivity contribution in [3.05, 3.63) is 0 Å². The Morgan fingerprint density at radius 3 is 1.76 bits per heavy atom. The van der Waals surface area contributed by atoms with E-state index in [1.54, 1.807) is 0 Å². The number of ether oxygens (including phenoxy) is 1. The SMILES string of the molecule is CC(C)(C)N(C(=O)N1CCOCC1)C(C)(C)C. The van der Waals surface area contributed by atoms with Crippen LogP contribution in [0.15, 0.2) is 0 Å². The lowest BCUT2D eigenvalue weighted by molar-refractivity contribution is 0.0120. The maximum atomic E-state index is 12.6. The van der Waals surface area contributed by atoms with Crippen LogP contribution in [0.2, 0.25) is 0 Å². The lowest BCUT2D eigenvalue weighted by Crippen LogP contribution is -2.61. The molecule has 0 radical (unpaired) electrons. The van der Waals surface area contributed by atoms with Gasteiger partial charge in [0.2, 0.25) is 0 Å². The van der Waals surface area contributed by atoms with Crippen molar-refractivity contribution in [2.45, 2.75) is 52.6 Å². The minimum Gasteiger partial charge on any atom is -0.378 e. The minimum atomic E-state index is -0.173. The van der Waals surface area contributed by atoms with Gasteiger partial charge in [0.15, 0.2) is 0 Å². The summed E-state index contributed by atoms with van der Waals surface area (Å²) < 4.78 is 5.29. The van der Waals surface area contributed by atoms with E-state index >= 15 is 0 Å². The van der Waals surface area contributed by atoms with Gasteiger partial charge in [0, 0.05) is 24.2 Å². The Labute approximate surface area is 105 Å². The average molecular weight is 242 g/mol. The summed E-state index contributed by atoms with van der Waals surface area (Å²) in [6.07, 6.45) is 0. The second-order valence-corrected chi connectivity index (χ2v) is 6.56. The van der Waals surface area contributed by atoms with Crippen LogP contribution in [0.4, 0.5) is 4.79 Å². The molecule has 0 aromatic heterocycles. The molecule has 1 aliphatic rings. The molecule has 0 unspecified atom stereocenters. The predicted octanol–water partition coefficient (Wildman–Crippen LogP) is 2.34. The highest BCUT2D eigenvalue weighted by Crippen LogP contribution is 2.26. The van der Waals surface area contributed by atoms with Crippen molar-refractivity contribution in [2.24, 2.45) is 0 Å². The van der Waals surface area contributed by atoms with Crippen LogP contribution in [0.25, 0.3) is 0 Å². The maximum Gasteiger partial charge on any atom is 0.321 e. The van der Waals surface area contributed by atoms with Gasteiger partial charge < -0.3 is 14.5 Å². The second-order valence-electron chi connectivity index (χ2n) is 6.56. The first kappa shape index (κ1) is 14.3. The number of rotatable bonds is 0. The Hall–Kier alpha value is -0.770. The van der Waals surface area contributed by atoms with Crippen molar-refractivity contribution < 1.29 is 9.53 Å². The first-order valence-corrected chi connectivity index (χ1v) is 6.31. The summed E-state index contributed by atoms with van der Waals surface area (Å²) in [5, 5.41) is 0. The summed E-state index contributed by atoms with van der Waals surface area (Å²) >= 11 is 0. The Kier molecular flexibility index (Phi) is 4.07. The number of morpholine rings is 1. The van der Waals surface area contributed by atoms with Crippen LogP contribution < -0.4 is 0 Å². The van der Waals surface area contributed by atoms with E-state index in [0.29, 0.717) is 26.3 Å². The zero-order chi connectivity index (χ0) is 13.3. The summed E-state index contributed by atoms with van der Waals surface area (Å²) in [4.78, 5) is 16.4. The fourth-order valence-electron chi connectivity index (χ4n) is 2.48. The van der Waals surface area contributed by atoms with Crippen LogP contribution in [0, 0.1) is 0 Å². The molecule has 4 nitrogen and oxygen atoms in total. The first-order chi connectivity index (χ1) is 7.64. The van der Waals surface area contributed by atoms with Crippen molar-refractivity contribution in [3.63, 3.8) is 0 Å². The molecule has 0 N–H and O–H groups in total. The molecule has 4 heteroatoms. The molecule has 0 spiro atoms. The number of nitrogens with zero attached hydrogens (tertiary/aromatic N) is 2. The Balaban J connectivity index is 2.87. The quantitative estimate of drug-likeness (QED) is 0.653. The Morgan fingerprint density at radius 2 is 1.41 bits per heavy atom. The van der Waals surface area contributed by atoms with E-state index in [0.717, 1.165) is 0 Å². The number of carbonyl (C=O) groups excluding carboxylic acids is 1. The van der Waals surface area contributed by atoms with E-state index in [1.807, 2.05) is 9.80 Å². The molecule has 100 valence electrons. The molecule has 0 saturated carbocycles. The monoisotopic (exact) mass is 242 g/mol. The summed E-state index contributed by atoms with van der Waals surface area (Å²) in [6.45, 7) is 15.2. The normalized spacial score (nSPS) is 18.1. The molecular weight excluding hydrogens is 216 g/mol. The number of hydrogen-bond donors (Lipinski definition) is 0. The number of urea groups is 1. The third kappa shape index (κ3) is 3.60. The third-order valence-electron chi connectivity index (χ3n) is 2.81. The van der Waals surface area contributed by atoms with Gasteiger partial charge in [-0.3, -0.25) is 0 Å². The van der Waals surface area contributed by atoms with E-state index in [4.69, 9.17) is 4.74 Å². The molecule has 1 aliphatic heterocycles. The number of hydrogen-bond acceptors (Lipinski definition) is 2. The fourth-order valence-corrected chi connectivity index (χ4v) is 2.48. The van der Waals surface area contributed by atoms with Gasteiger partial charge >= 0.3 is 6.03 Å². The van der Waals surface area contributed by atoms with Gasteiger partial charge in [0.25, 0.3) is 0 Å². The van der Waals surface area contributed by atoms with Crippen molar-refractivity contribution in [1.29, 1.82) is 0 Å². The van der Waals surface area contributed by atoms with E-state index in [2.05, 4.69) is 41.5 Å². The molecule has 0 aromatic carbocycles. The third-order valence-corrected chi connectivity index (χ3v) is 2.81. The predicted molar refractivity (Wildman–Crippen MR) is 69.1 cm³/mol. The highest BCUT2D eigenvalue weighted by atomic mass is 16.5. The lowest BCUT2D eigenvalue weighted by atomic mass is 9.96. The van der Waals surface area contributed by atoms with E-state index in [9.17, 15) is 4.79 Å². The van der Waals surface area contributed by atoms with Crippen LogP contribution in [0.1, 0.15) is 41.5 Å². The molecule has 1 fully saturated rings.